The summed E-state index contributed by atoms with van der Waals surface area (Å²) < 4.78 is 32.5. The first-order valence-corrected chi connectivity index (χ1v) is 9.10. The molecule has 1 saturated heterocycles. The number of carbonyl (C=O) groups is 2. The van der Waals surface area contributed by atoms with E-state index < -0.39 is 27.7 Å². The highest BCUT2D eigenvalue weighted by Crippen LogP contribution is 2.50. The Labute approximate surface area is 133 Å². The lowest BCUT2D eigenvalue weighted by molar-refractivity contribution is -0.146. The summed E-state index contributed by atoms with van der Waals surface area (Å²) in [7, 11) is -3.90. The van der Waals surface area contributed by atoms with Gasteiger partial charge in [0.15, 0.2) is 0 Å². The Morgan fingerprint density at radius 3 is 2.48 bits per heavy atom. The van der Waals surface area contributed by atoms with Crippen LogP contribution in [-0.2, 0) is 25.3 Å². The summed E-state index contributed by atoms with van der Waals surface area (Å²) in [5.41, 5.74) is -1.68. The van der Waals surface area contributed by atoms with Gasteiger partial charge in [0.1, 0.15) is 0 Å². The van der Waals surface area contributed by atoms with Crippen molar-refractivity contribution in [2.75, 3.05) is 0 Å². The molecule has 1 aliphatic carbocycles. The Morgan fingerprint density at radius 2 is 1.83 bits per heavy atom. The van der Waals surface area contributed by atoms with Crippen LogP contribution in [0.15, 0.2) is 29.2 Å². The number of ether oxygens (including phenoxy) is 1. The van der Waals surface area contributed by atoms with E-state index in [4.69, 9.17) is 4.74 Å². The van der Waals surface area contributed by atoms with Crippen molar-refractivity contribution in [2.24, 2.45) is 0 Å². The average Bonchev–Trinajstić information content (AvgIpc) is 2.93. The highest BCUT2D eigenvalue weighted by molar-refractivity contribution is 7.89. The number of rotatable bonds is 1. The summed E-state index contributed by atoms with van der Waals surface area (Å²) in [6, 6.07) is 5.88. The Bertz CT molecular complexity index is 800. The second-order valence-electron chi connectivity index (χ2n) is 6.08. The van der Waals surface area contributed by atoms with Crippen LogP contribution in [0.5, 0.6) is 0 Å². The van der Waals surface area contributed by atoms with Gasteiger partial charge in [0.2, 0.25) is 10.0 Å². The molecule has 8 heteroatoms. The third-order valence-electron chi connectivity index (χ3n) is 4.77. The SMILES string of the molecule is O=C1NC(=O)C2(O1)c1ccccc1S(=O)(=O)N2C1CCCCC1. The fourth-order valence-corrected chi connectivity index (χ4v) is 5.95. The number of fused-ring (bicyclic) bond motifs is 2. The number of imide groups is 1. The molecule has 0 aromatic heterocycles. The molecule has 1 spiro atoms. The van der Waals surface area contributed by atoms with E-state index >= 15 is 0 Å². The van der Waals surface area contributed by atoms with Crippen molar-refractivity contribution in [1.82, 2.24) is 9.62 Å². The van der Waals surface area contributed by atoms with Gasteiger partial charge in [-0.25, -0.2) is 13.2 Å². The number of hydrogen-bond donors (Lipinski definition) is 1. The van der Waals surface area contributed by atoms with E-state index in [1.54, 1.807) is 12.1 Å². The number of nitrogens with one attached hydrogen (secondary N) is 1. The number of alkyl carbamates (subject to hydrolysis) is 1. The third-order valence-corrected chi connectivity index (χ3v) is 6.75. The van der Waals surface area contributed by atoms with Gasteiger partial charge >= 0.3 is 6.09 Å². The molecule has 1 unspecified atom stereocenters. The molecule has 2 amide bonds. The summed E-state index contributed by atoms with van der Waals surface area (Å²) >= 11 is 0. The number of sulfonamides is 1. The molecular weight excluding hydrogens is 320 g/mol. The number of hydrogen-bond acceptors (Lipinski definition) is 5. The first kappa shape index (κ1) is 14.6. The molecule has 1 aromatic carbocycles. The van der Waals surface area contributed by atoms with Crippen LogP contribution in [0.3, 0.4) is 0 Å². The van der Waals surface area contributed by atoms with Gasteiger partial charge < -0.3 is 4.74 Å². The van der Waals surface area contributed by atoms with Crippen molar-refractivity contribution in [3.63, 3.8) is 0 Å². The van der Waals surface area contributed by atoms with Crippen LogP contribution in [0.25, 0.3) is 0 Å². The number of nitrogens with zero attached hydrogens (tertiary/aromatic N) is 1. The number of amides is 2. The molecule has 23 heavy (non-hydrogen) atoms. The van der Waals surface area contributed by atoms with E-state index in [1.165, 1.54) is 12.1 Å². The monoisotopic (exact) mass is 336 g/mol. The predicted molar refractivity (Wildman–Crippen MR) is 78.6 cm³/mol. The largest absolute Gasteiger partial charge is 0.416 e. The van der Waals surface area contributed by atoms with Crippen LogP contribution in [0.4, 0.5) is 4.79 Å². The van der Waals surface area contributed by atoms with E-state index in [1.807, 2.05) is 0 Å². The summed E-state index contributed by atoms with van der Waals surface area (Å²) in [6.45, 7) is 0. The lowest BCUT2D eigenvalue weighted by atomic mass is 9.92. The molecule has 1 aromatic rings. The minimum absolute atomic E-state index is 0.0374. The van der Waals surface area contributed by atoms with Gasteiger partial charge in [-0.2, -0.15) is 0 Å². The van der Waals surface area contributed by atoms with Gasteiger partial charge in [-0.05, 0) is 18.9 Å². The molecule has 1 saturated carbocycles. The first-order chi connectivity index (χ1) is 11.0. The van der Waals surface area contributed by atoms with Gasteiger partial charge in [-0.1, -0.05) is 37.5 Å². The molecule has 4 rings (SSSR count). The molecule has 7 nitrogen and oxygen atoms in total. The van der Waals surface area contributed by atoms with Crippen LogP contribution in [0.1, 0.15) is 37.7 Å². The molecule has 2 heterocycles. The van der Waals surface area contributed by atoms with Crippen molar-refractivity contribution in [1.29, 1.82) is 0 Å². The maximum atomic E-state index is 13.1. The van der Waals surface area contributed by atoms with Crippen molar-refractivity contribution < 1.29 is 22.7 Å². The molecule has 2 fully saturated rings. The van der Waals surface area contributed by atoms with Crippen LogP contribution >= 0.6 is 0 Å². The summed E-state index contributed by atoms with van der Waals surface area (Å²) in [5.74, 6) is -0.735. The Hall–Kier alpha value is -1.93. The lowest BCUT2D eigenvalue weighted by Gasteiger charge is -2.37. The van der Waals surface area contributed by atoms with Gasteiger partial charge in [0.25, 0.3) is 11.6 Å². The van der Waals surface area contributed by atoms with Crippen LogP contribution in [-0.4, -0.2) is 30.8 Å². The van der Waals surface area contributed by atoms with E-state index in [0.717, 1.165) is 23.6 Å². The smallest absolute Gasteiger partial charge is 0.412 e. The highest BCUT2D eigenvalue weighted by atomic mass is 32.2. The van der Waals surface area contributed by atoms with Gasteiger partial charge in [0, 0.05) is 11.6 Å². The highest BCUT2D eigenvalue weighted by Gasteiger charge is 2.67. The molecule has 1 atom stereocenters. The maximum absolute atomic E-state index is 13.1. The van der Waals surface area contributed by atoms with Crippen molar-refractivity contribution in [3.8, 4) is 0 Å². The summed E-state index contributed by atoms with van der Waals surface area (Å²) in [6.07, 6.45) is 3.20. The average molecular weight is 336 g/mol. The summed E-state index contributed by atoms with van der Waals surface area (Å²) in [4.78, 5) is 24.3. The molecule has 1 N–H and O–H groups in total. The zero-order valence-corrected chi connectivity index (χ0v) is 13.1. The molecule has 0 radical (unpaired) electrons. The first-order valence-electron chi connectivity index (χ1n) is 7.66. The van der Waals surface area contributed by atoms with Crippen LogP contribution in [0.2, 0.25) is 0 Å². The van der Waals surface area contributed by atoms with E-state index in [9.17, 15) is 18.0 Å². The van der Waals surface area contributed by atoms with Crippen LogP contribution in [0, 0.1) is 0 Å². The Kier molecular flexibility index (Phi) is 3.05. The van der Waals surface area contributed by atoms with E-state index in [0.29, 0.717) is 12.8 Å². The molecule has 0 bridgehead atoms. The fourth-order valence-electron chi connectivity index (χ4n) is 3.84. The summed E-state index contributed by atoms with van der Waals surface area (Å²) in [5, 5.41) is 2.09. The number of carbonyl (C=O) groups excluding carboxylic acids is 2. The molecule has 122 valence electrons. The number of benzene rings is 1. The van der Waals surface area contributed by atoms with Crippen molar-refractivity contribution in [2.45, 2.75) is 48.8 Å². The van der Waals surface area contributed by atoms with Crippen LogP contribution < -0.4 is 5.32 Å². The molecule has 3 aliphatic rings. The Balaban J connectivity index is 1.96. The maximum Gasteiger partial charge on any atom is 0.416 e. The van der Waals surface area contributed by atoms with Gasteiger partial charge in [-0.3, -0.25) is 10.1 Å². The zero-order valence-electron chi connectivity index (χ0n) is 12.3. The van der Waals surface area contributed by atoms with Gasteiger partial charge in [-0.15, -0.1) is 4.31 Å². The topological polar surface area (TPSA) is 92.8 Å². The second-order valence-corrected chi connectivity index (χ2v) is 7.86. The standard InChI is InChI=1S/C15H16N2O5S/c18-13-15(22-14(19)16-13)11-8-4-5-9-12(11)23(20,21)17(15)10-6-2-1-3-7-10/h4-5,8-10H,1-3,6-7H2,(H,16,18,19). The second kappa shape index (κ2) is 4.78. The third kappa shape index (κ3) is 1.82. The zero-order chi connectivity index (χ0) is 16.2. The lowest BCUT2D eigenvalue weighted by Crippen LogP contribution is -2.54. The van der Waals surface area contributed by atoms with Crippen molar-refractivity contribution >= 4 is 22.0 Å². The normalized spacial score (nSPS) is 30.3. The van der Waals surface area contributed by atoms with E-state index in [-0.39, 0.29) is 16.5 Å². The fraction of sp³-hybridized carbons (Fsp3) is 0.467. The quantitative estimate of drug-likeness (QED) is 0.838. The van der Waals surface area contributed by atoms with Crippen molar-refractivity contribution in [3.05, 3.63) is 29.8 Å². The molecular formula is C15H16N2O5S. The Morgan fingerprint density at radius 1 is 1.13 bits per heavy atom. The minimum atomic E-state index is -3.90. The minimum Gasteiger partial charge on any atom is -0.412 e. The van der Waals surface area contributed by atoms with E-state index in [2.05, 4.69) is 5.32 Å². The predicted octanol–water partition coefficient (Wildman–Crippen LogP) is 1.44. The molecule has 2 aliphatic heterocycles. The van der Waals surface area contributed by atoms with Gasteiger partial charge in [0.05, 0.1) is 4.90 Å².